The van der Waals surface area contributed by atoms with Gasteiger partial charge >= 0.3 is 0 Å². The zero-order chi connectivity index (χ0) is 13.4. The van der Waals surface area contributed by atoms with Gasteiger partial charge in [0.05, 0.1) is 10.2 Å². The number of likely N-dealkylation sites (tertiary alicyclic amines) is 1. The number of thiazole rings is 1. The molecule has 1 amide bonds. The number of hydrogen-bond donors (Lipinski definition) is 1. The first-order chi connectivity index (χ1) is 9.19. The summed E-state index contributed by atoms with van der Waals surface area (Å²) in [4.78, 5) is 18.5. The standard InChI is InChI=1S/C14H17N3OS/c1-3-17-8-7-11(13(17)18)16-14-15-10-6-4-5-9(2)12(10)19-14/h4-6,11H,3,7-8H2,1-2H3,(H,15,16). The lowest BCUT2D eigenvalue weighted by Crippen LogP contribution is -2.33. The van der Waals surface area contributed by atoms with Crippen LogP contribution in [0.3, 0.4) is 0 Å². The zero-order valence-corrected chi connectivity index (χ0v) is 12.0. The maximum Gasteiger partial charge on any atom is 0.245 e. The molecule has 1 aromatic carbocycles. The minimum absolute atomic E-state index is 0.110. The molecule has 100 valence electrons. The van der Waals surface area contributed by atoms with Crippen molar-refractivity contribution >= 4 is 32.6 Å². The summed E-state index contributed by atoms with van der Waals surface area (Å²) in [6.45, 7) is 5.73. The Morgan fingerprint density at radius 3 is 3.05 bits per heavy atom. The van der Waals surface area contributed by atoms with E-state index in [1.54, 1.807) is 11.3 Å². The minimum atomic E-state index is -0.110. The van der Waals surface area contributed by atoms with Gasteiger partial charge in [-0.15, -0.1) is 0 Å². The second-order valence-corrected chi connectivity index (χ2v) is 5.84. The van der Waals surface area contributed by atoms with Crippen LogP contribution in [0, 0.1) is 6.92 Å². The van der Waals surface area contributed by atoms with Crippen LogP contribution in [0.2, 0.25) is 0 Å². The number of aromatic nitrogens is 1. The monoisotopic (exact) mass is 275 g/mol. The van der Waals surface area contributed by atoms with Crippen LogP contribution in [0.1, 0.15) is 18.9 Å². The summed E-state index contributed by atoms with van der Waals surface area (Å²) >= 11 is 1.63. The molecule has 1 aliphatic heterocycles. The molecule has 0 saturated carbocycles. The number of carbonyl (C=O) groups excluding carboxylic acids is 1. The molecule has 4 nitrogen and oxygen atoms in total. The first-order valence-corrected chi connectivity index (χ1v) is 7.42. The third-order valence-electron chi connectivity index (χ3n) is 3.59. The number of nitrogens with one attached hydrogen (secondary N) is 1. The van der Waals surface area contributed by atoms with Gasteiger partial charge in [-0.05, 0) is 31.9 Å². The van der Waals surface area contributed by atoms with Crippen LogP contribution in [0.25, 0.3) is 10.2 Å². The number of hydrogen-bond acceptors (Lipinski definition) is 4. The Morgan fingerprint density at radius 2 is 2.37 bits per heavy atom. The summed E-state index contributed by atoms with van der Waals surface area (Å²) in [6, 6.07) is 6.00. The van der Waals surface area contributed by atoms with E-state index >= 15 is 0 Å². The van der Waals surface area contributed by atoms with Crippen LogP contribution in [0.4, 0.5) is 5.13 Å². The average molecular weight is 275 g/mol. The highest BCUT2D eigenvalue weighted by molar-refractivity contribution is 7.22. The van der Waals surface area contributed by atoms with Crippen LogP contribution in [0.5, 0.6) is 0 Å². The molecule has 2 heterocycles. The van der Waals surface area contributed by atoms with Gasteiger partial charge in [0.2, 0.25) is 5.91 Å². The Labute approximate surface area is 116 Å². The maximum atomic E-state index is 12.1. The van der Waals surface area contributed by atoms with Gasteiger partial charge in [0, 0.05) is 13.1 Å². The molecule has 1 N–H and O–H groups in total. The van der Waals surface area contributed by atoms with Gasteiger partial charge in [-0.3, -0.25) is 4.79 Å². The third-order valence-corrected chi connectivity index (χ3v) is 4.73. The summed E-state index contributed by atoms with van der Waals surface area (Å²) in [5.41, 5.74) is 2.24. The molecule has 0 radical (unpaired) electrons. The molecule has 3 rings (SSSR count). The number of fused-ring (bicyclic) bond motifs is 1. The Hall–Kier alpha value is -1.62. The number of amides is 1. The average Bonchev–Trinajstić information content (AvgIpc) is 2.96. The molecule has 2 aromatic rings. The Bertz CT molecular complexity index is 622. The predicted molar refractivity (Wildman–Crippen MR) is 78.6 cm³/mol. The van der Waals surface area contributed by atoms with Crippen LogP contribution in [-0.4, -0.2) is 34.9 Å². The maximum absolute atomic E-state index is 12.1. The highest BCUT2D eigenvalue weighted by Crippen LogP contribution is 2.29. The van der Waals surface area contributed by atoms with Crippen molar-refractivity contribution in [3.63, 3.8) is 0 Å². The van der Waals surface area contributed by atoms with E-state index in [4.69, 9.17) is 0 Å². The molecule has 1 aliphatic rings. The quantitative estimate of drug-likeness (QED) is 0.936. The van der Waals surface area contributed by atoms with E-state index in [-0.39, 0.29) is 11.9 Å². The van der Waals surface area contributed by atoms with Gasteiger partial charge in [-0.1, -0.05) is 23.5 Å². The smallest absolute Gasteiger partial charge is 0.245 e. The SMILES string of the molecule is CCN1CCC(Nc2nc3cccc(C)c3s2)C1=O. The number of benzene rings is 1. The van der Waals surface area contributed by atoms with Crippen molar-refractivity contribution in [2.24, 2.45) is 0 Å². The van der Waals surface area contributed by atoms with Crippen molar-refractivity contribution in [2.75, 3.05) is 18.4 Å². The van der Waals surface area contributed by atoms with Crippen molar-refractivity contribution < 1.29 is 4.79 Å². The fourth-order valence-electron chi connectivity index (χ4n) is 2.48. The molecule has 1 atom stereocenters. The van der Waals surface area contributed by atoms with Crippen molar-refractivity contribution in [3.8, 4) is 0 Å². The summed E-state index contributed by atoms with van der Waals surface area (Å²) < 4.78 is 1.20. The van der Waals surface area contributed by atoms with E-state index < -0.39 is 0 Å². The third kappa shape index (κ3) is 2.18. The molecular formula is C14H17N3OS. The van der Waals surface area contributed by atoms with E-state index in [9.17, 15) is 4.79 Å². The normalized spacial score (nSPS) is 19.4. The Balaban J connectivity index is 1.83. The van der Waals surface area contributed by atoms with E-state index in [0.29, 0.717) is 0 Å². The van der Waals surface area contributed by atoms with Crippen LogP contribution < -0.4 is 5.32 Å². The van der Waals surface area contributed by atoms with Gasteiger partial charge in [0.15, 0.2) is 5.13 Å². The van der Waals surface area contributed by atoms with Crippen molar-refractivity contribution in [1.29, 1.82) is 0 Å². The molecule has 1 fully saturated rings. The van der Waals surface area contributed by atoms with Crippen LogP contribution in [-0.2, 0) is 4.79 Å². The predicted octanol–water partition coefficient (Wildman–Crippen LogP) is 2.64. The molecule has 1 aromatic heterocycles. The highest BCUT2D eigenvalue weighted by Gasteiger charge is 2.30. The number of anilines is 1. The second kappa shape index (κ2) is 4.81. The number of nitrogens with zero attached hydrogens (tertiary/aromatic N) is 2. The van der Waals surface area contributed by atoms with Gasteiger partial charge < -0.3 is 10.2 Å². The van der Waals surface area contributed by atoms with E-state index in [1.807, 2.05) is 24.0 Å². The summed E-state index contributed by atoms with van der Waals surface area (Å²) in [5, 5.41) is 4.14. The minimum Gasteiger partial charge on any atom is -0.350 e. The largest absolute Gasteiger partial charge is 0.350 e. The van der Waals surface area contributed by atoms with Crippen molar-refractivity contribution in [2.45, 2.75) is 26.3 Å². The van der Waals surface area contributed by atoms with Gasteiger partial charge in [0.25, 0.3) is 0 Å². The van der Waals surface area contributed by atoms with Crippen LogP contribution >= 0.6 is 11.3 Å². The fourth-order valence-corrected chi connectivity index (χ4v) is 3.47. The van der Waals surface area contributed by atoms with E-state index in [1.165, 1.54) is 10.3 Å². The molecular weight excluding hydrogens is 258 g/mol. The number of rotatable bonds is 3. The number of aryl methyl sites for hydroxylation is 1. The van der Waals surface area contributed by atoms with Gasteiger partial charge in [-0.2, -0.15) is 0 Å². The van der Waals surface area contributed by atoms with Gasteiger partial charge in [-0.25, -0.2) is 4.98 Å². The molecule has 5 heteroatoms. The number of likely N-dealkylation sites (N-methyl/N-ethyl adjacent to an activating group) is 1. The lowest BCUT2D eigenvalue weighted by Gasteiger charge is -2.13. The molecule has 0 bridgehead atoms. The molecule has 1 unspecified atom stereocenters. The molecule has 1 saturated heterocycles. The highest BCUT2D eigenvalue weighted by atomic mass is 32.1. The lowest BCUT2D eigenvalue weighted by molar-refractivity contribution is -0.128. The first kappa shape index (κ1) is 12.4. The fraction of sp³-hybridized carbons (Fsp3) is 0.429. The lowest BCUT2D eigenvalue weighted by atomic mass is 10.2. The summed E-state index contributed by atoms with van der Waals surface area (Å²) in [6.07, 6.45) is 0.863. The Kier molecular flexibility index (Phi) is 3.14. The second-order valence-electron chi connectivity index (χ2n) is 4.85. The van der Waals surface area contributed by atoms with Crippen LogP contribution in [0.15, 0.2) is 18.2 Å². The molecule has 0 spiro atoms. The number of carbonyl (C=O) groups is 1. The van der Waals surface area contributed by atoms with E-state index in [0.717, 1.165) is 30.2 Å². The van der Waals surface area contributed by atoms with E-state index in [2.05, 4.69) is 23.3 Å². The summed E-state index contributed by atoms with van der Waals surface area (Å²) in [5.74, 6) is 0.193. The topological polar surface area (TPSA) is 45.2 Å². The first-order valence-electron chi connectivity index (χ1n) is 6.60. The Morgan fingerprint density at radius 1 is 1.53 bits per heavy atom. The zero-order valence-electron chi connectivity index (χ0n) is 11.1. The van der Waals surface area contributed by atoms with Crippen molar-refractivity contribution in [3.05, 3.63) is 23.8 Å². The summed E-state index contributed by atoms with van der Waals surface area (Å²) in [7, 11) is 0. The van der Waals surface area contributed by atoms with Crippen molar-refractivity contribution in [1.82, 2.24) is 9.88 Å². The molecule has 19 heavy (non-hydrogen) atoms. The van der Waals surface area contributed by atoms with Gasteiger partial charge in [0.1, 0.15) is 6.04 Å². The molecule has 0 aliphatic carbocycles.